The van der Waals surface area contributed by atoms with E-state index in [0.717, 1.165) is 12.3 Å². The highest BCUT2D eigenvalue weighted by atomic mass is 19.4. The number of ether oxygens (including phenoxy) is 1. The molecular formula is C16H15F4N3O3. The summed E-state index contributed by atoms with van der Waals surface area (Å²) >= 11 is 0. The lowest BCUT2D eigenvalue weighted by Gasteiger charge is -2.26. The molecule has 0 bridgehead atoms. The molecule has 2 atom stereocenters. The second-order valence-electron chi connectivity index (χ2n) is 5.59. The van der Waals surface area contributed by atoms with Crippen molar-refractivity contribution in [1.29, 1.82) is 0 Å². The Labute approximate surface area is 146 Å². The number of likely N-dealkylation sites (tertiary alicyclic amines) is 1. The van der Waals surface area contributed by atoms with Gasteiger partial charge in [-0.2, -0.15) is 13.2 Å². The standard InChI is InChI=1S/C16H15F4N3O3/c1-9(26-15(21)25)4-5-12-11(7-10(17)8-22-12)13-3-2-6-23(13)14(24)16(18,19)20/h7-9,13H,2-3,6H2,1H3,(H2,21,25)/t9?,13-/m1/s1. The molecule has 0 spiro atoms. The molecule has 0 radical (unpaired) electrons. The Morgan fingerprint density at radius 3 is 2.77 bits per heavy atom. The highest BCUT2D eigenvalue weighted by Crippen LogP contribution is 2.36. The predicted octanol–water partition coefficient (Wildman–Crippen LogP) is 2.28. The number of nitrogens with two attached hydrogens (primary N) is 1. The molecule has 0 aliphatic carbocycles. The largest absolute Gasteiger partial charge is 0.471 e. The molecule has 0 saturated carbocycles. The number of alkyl halides is 3. The van der Waals surface area contributed by atoms with Gasteiger partial charge in [0, 0.05) is 12.1 Å². The summed E-state index contributed by atoms with van der Waals surface area (Å²) in [5, 5.41) is 0. The van der Waals surface area contributed by atoms with Crippen LogP contribution in [-0.2, 0) is 9.53 Å². The summed E-state index contributed by atoms with van der Waals surface area (Å²) in [6.07, 6.45) is -5.57. The molecule has 26 heavy (non-hydrogen) atoms. The third-order valence-corrected chi connectivity index (χ3v) is 3.69. The summed E-state index contributed by atoms with van der Waals surface area (Å²) in [7, 11) is 0. The van der Waals surface area contributed by atoms with Gasteiger partial charge in [-0.25, -0.2) is 14.2 Å². The van der Waals surface area contributed by atoms with E-state index in [1.54, 1.807) is 0 Å². The van der Waals surface area contributed by atoms with E-state index in [1.807, 2.05) is 0 Å². The lowest BCUT2D eigenvalue weighted by Crippen LogP contribution is -2.40. The molecule has 1 aromatic heterocycles. The normalized spacial score (nSPS) is 18.0. The number of carbonyl (C=O) groups is 2. The minimum Gasteiger partial charge on any atom is -0.433 e. The van der Waals surface area contributed by atoms with Crippen molar-refractivity contribution in [3.8, 4) is 11.8 Å². The first-order chi connectivity index (χ1) is 12.1. The van der Waals surface area contributed by atoms with E-state index in [0.29, 0.717) is 11.3 Å². The predicted molar refractivity (Wildman–Crippen MR) is 80.9 cm³/mol. The van der Waals surface area contributed by atoms with Gasteiger partial charge in [-0.1, -0.05) is 5.92 Å². The van der Waals surface area contributed by atoms with Gasteiger partial charge in [-0.3, -0.25) is 4.79 Å². The third kappa shape index (κ3) is 4.62. The Kier molecular flexibility index (Phi) is 5.69. The lowest BCUT2D eigenvalue weighted by molar-refractivity contribution is -0.186. The molecule has 2 N–H and O–H groups in total. The number of amides is 2. The van der Waals surface area contributed by atoms with E-state index in [4.69, 9.17) is 5.73 Å². The summed E-state index contributed by atoms with van der Waals surface area (Å²) < 4.78 is 56.6. The minimum absolute atomic E-state index is 0.00167. The Morgan fingerprint density at radius 2 is 2.15 bits per heavy atom. The van der Waals surface area contributed by atoms with Gasteiger partial charge in [0.05, 0.1) is 12.2 Å². The van der Waals surface area contributed by atoms with Crippen LogP contribution in [0.3, 0.4) is 0 Å². The SMILES string of the molecule is CC(C#Cc1ncc(F)cc1[C@H]1CCCN1C(=O)C(F)(F)F)OC(N)=O. The van der Waals surface area contributed by atoms with Gasteiger partial charge in [-0.15, -0.1) is 0 Å². The van der Waals surface area contributed by atoms with Gasteiger partial charge in [0.1, 0.15) is 11.5 Å². The van der Waals surface area contributed by atoms with Gasteiger partial charge < -0.3 is 15.4 Å². The number of carbonyl (C=O) groups excluding carboxylic acids is 2. The van der Waals surface area contributed by atoms with E-state index in [9.17, 15) is 27.2 Å². The number of primary amides is 1. The molecule has 1 aromatic rings. The molecule has 1 fully saturated rings. The summed E-state index contributed by atoms with van der Waals surface area (Å²) in [6.45, 7) is 1.32. The highest BCUT2D eigenvalue weighted by molar-refractivity contribution is 5.82. The van der Waals surface area contributed by atoms with E-state index in [2.05, 4.69) is 21.6 Å². The van der Waals surface area contributed by atoms with Crippen LogP contribution >= 0.6 is 0 Å². The number of pyridine rings is 1. The average molecular weight is 373 g/mol. The van der Waals surface area contributed by atoms with Gasteiger partial charge in [0.25, 0.3) is 0 Å². The minimum atomic E-state index is -5.03. The van der Waals surface area contributed by atoms with Gasteiger partial charge in [0.15, 0.2) is 6.10 Å². The molecular weight excluding hydrogens is 358 g/mol. The van der Waals surface area contributed by atoms with Crippen molar-refractivity contribution in [3.05, 3.63) is 29.3 Å². The maximum absolute atomic E-state index is 13.6. The Bertz CT molecular complexity index is 770. The topological polar surface area (TPSA) is 85.5 Å². The fourth-order valence-corrected chi connectivity index (χ4v) is 2.68. The number of hydrogen-bond donors (Lipinski definition) is 1. The molecule has 1 saturated heterocycles. The fraction of sp³-hybridized carbons (Fsp3) is 0.438. The van der Waals surface area contributed by atoms with Gasteiger partial charge >= 0.3 is 18.2 Å². The number of rotatable bonds is 2. The molecule has 0 aromatic carbocycles. The molecule has 1 aliphatic rings. The van der Waals surface area contributed by atoms with Crippen LogP contribution in [0.1, 0.15) is 37.1 Å². The van der Waals surface area contributed by atoms with E-state index in [1.165, 1.54) is 6.92 Å². The summed E-state index contributed by atoms with van der Waals surface area (Å²) in [4.78, 5) is 26.7. The van der Waals surface area contributed by atoms with E-state index >= 15 is 0 Å². The van der Waals surface area contributed by atoms with Crippen molar-refractivity contribution in [2.24, 2.45) is 5.73 Å². The third-order valence-electron chi connectivity index (χ3n) is 3.69. The molecule has 2 amide bonds. The smallest absolute Gasteiger partial charge is 0.433 e. The zero-order valence-corrected chi connectivity index (χ0v) is 13.6. The van der Waals surface area contributed by atoms with Crippen LogP contribution in [0, 0.1) is 17.7 Å². The van der Waals surface area contributed by atoms with Crippen molar-refractivity contribution in [2.75, 3.05) is 6.54 Å². The molecule has 2 rings (SSSR count). The quantitative estimate of drug-likeness (QED) is 0.637. The fourth-order valence-electron chi connectivity index (χ4n) is 2.68. The Balaban J connectivity index is 2.37. The first-order valence-electron chi connectivity index (χ1n) is 7.60. The van der Waals surface area contributed by atoms with Crippen molar-refractivity contribution in [3.63, 3.8) is 0 Å². The van der Waals surface area contributed by atoms with Crippen LogP contribution < -0.4 is 5.73 Å². The summed E-state index contributed by atoms with van der Waals surface area (Å²) in [5.74, 6) is 2.29. The van der Waals surface area contributed by atoms with Crippen LogP contribution in [0.5, 0.6) is 0 Å². The van der Waals surface area contributed by atoms with Crippen molar-refractivity contribution in [2.45, 2.75) is 38.1 Å². The van der Waals surface area contributed by atoms with Crippen molar-refractivity contribution >= 4 is 12.0 Å². The Morgan fingerprint density at radius 1 is 1.46 bits per heavy atom. The molecule has 6 nitrogen and oxygen atoms in total. The maximum Gasteiger partial charge on any atom is 0.471 e. The molecule has 1 unspecified atom stereocenters. The van der Waals surface area contributed by atoms with Crippen LogP contribution in [0.2, 0.25) is 0 Å². The Hall–Kier alpha value is -2.83. The van der Waals surface area contributed by atoms with Gasteiger partial charge in [-0.05, 0) is 31.8 Å². The van der Waals surface area contributed by atoms with Crippen LogP contribution in [0.25, 0.3) is 0 Å². The average Bonchev–Trinajstić information content (AvgIpc) is 3.00. The zero-order chi connectivity index (χ0) is 19.5. The molecule has 140 valence electrons. The summed E-state index contributed by atoms with van der Waals surface area (Å²) in [5.41, 5.74) is 4.93. The lowest BCUT2D eigenvalue weighted by atomic mass is 10.0. The molecule has 2 heterocycles. The number of hydrogen-bond acceptors (Lipinski definition) is 4. The van der Waals surface area contributed by atoms with Crippen LogP contribution in [-0.4, -0.2) is 40.7 Å². The van der Waals surface area contributed by atoms with Crippen molar-refractivity contribution in [1.82, 2.24) is 9.88 Å². The monoisotopic (exact) mass is 373 g/mol. The second-order valence-corrected chi connectivity index (χ2v) is 5.59. The first kappa shape index (κ1) is 19.5. The first-order valence-corrected chi connectivity index (χ1v) is 7.60. The second kappa shape index (κ2) is 7.59. The number of halogens is 4. The van der Waals surface area contributed by atoms with Crippen LogP contribution in [0.15, 0.2) is 12.3 Å². The van der Waals surface area contributed by atoms with E-state index in [-0.39, 0.29) is 24.2 Å². The number of aromatic nitrogens is 1. The maximum atomic E-state index is 13.6. The number of nitrogens with zero attached hydrogens (tertiary/aromatic N) is 2. The van der Waals surface area contributed by atoms with E-state index < -0.39 is 36.1 Å². The van der Waals surface area contributed by atoms with Crippen LogP contribution in [0.4, 0.5) is 22.4 Å². The molecule has 1 aliphatic heterocycles. The van der Waals surface area contributed by atoms with Crippen molar-refractivity contribution < 1.29 is 31.9 Å². The zero-order valence-electron chi connectivity index (χ0n) is 13.6. The highest BCUT2D eigenvalue weighted by Gasteiger charge is 2.46. The van der Waals surface area contributed by atoms with Gasteiger partial charge in [0.2, 0.25) is 0 Å². The molecule has 10 heteroatoms. The summed E-state index contributed by atoms with van der Waals surface area (Å²) in [6, 6.07) is 0.00693.